The zero-order chi connectivity index (χ0) is 33.0. The van der Waals surface area contributed by atoms with E-state index in [0.717, 1.165) is 17.2 Å². The summed E-state index contributed by atoms with van der Waals surface area (Å²) in [5, 5.41) is 0. The first-order valence-corrected chi connectivity index (χ1v) is 17.1. The molecule has 0 saturated heterocycles. The van der Waals surface area contributed by atoms with Gasteiger partial charge in [0.15, 0.2) is 33.6 Å². The SMILES string of the molecule is CCOC(C)Oc1ccc([S+](c2ccc(OC(C)OCC)cc2)c2ccc(OC(C)OCC)cc2)cc1.F[P-](F)(F)(F)(F)F. The zero-order valence-corrected chi connectivity index (χ0v) is 27.1. The summed E-state index contributed by atoms with van der Waals surface area (Å²) in [6.45, 7) is 13.4. The molecule has 3 rings (SSSR count). The predicted octanol–water partition coefficient (Wildman–Crippen LogP) is 10.4. The summed E-state index contributed by atoms with van der Waals surface area (Å²) in [5.41, 5.74) is 0. The van der Waals surface area contributed by atoms with Gasteiger partial charge in [0, 0.05) is 19.8 Å². The fourth-order valence-electron chi connectivity index (χ4n) is 3.75. The monoisotopic (exact) mass is 672 g/mol. The Labute approximate surface area is 257 Å². The molecule has 44 heavy (non-hydrogen) atoms. The van der Waals surface area contributed by atoms with Crippen molar-refractivity contribution in [3.8, 4) is 17.2 Å². The van der Waals surface area contributed by atoms with Crippen LogP contribution in [0.2, 0.25) is 0 Å². The van der Waals surface area contributed by atoms with Crippen LogP contribution in [-0.2, 0) is 25.1 Å². The van der Waals surface area contributed by atoms with Gasteiger partial charge in [-0.1, -0.05) is 0 Å². The molecule has 3 aromatic rings. The van der Waals surface area contributed by atoms with E-state index >= 15 is 0 Å². The number of hydrogen-bond acceptors (Lipinski definition) is 6. The van der Waals surface area contributed by atoms with E-state index in [2.05, 4.69) is 36.4 Å². The molecule has 6 nitrogen and oxygen atoms in total. The third-order valence-electron chi connectivity index (χ3n) is 5.29. The number of ether oxygens (including phenoxy) is 6. The fraction of sp³-hybridized carbons (Fsp3) is 0.400. The number of halogens is 6. The second-order valence-electron chi connectivity index (χ2n) is 9.10. The van der Waals surface area contributed by atoms with E-state index in [1.54, 1.807) is 0 Å². The average Bonchev–Trinajstić information content (AvgIpc) is 2.90. The van der Waals surface area contributed by atoms with Crippen LogP contribution >= 0.6 is 7.81 Å². The third-order valence-corrected chi connectivity index (χ3v) is 7.52. The van der Waals surface area contributed by atoms with E-state index in [9.17, 15) is 25.2 Å². The molecule has 0 amide bonds. The quantitative estimate of drug-likeness (QED) is 0.0693. The van der Waals surface area contributed by atoms with Gasteiger partial charge in [-0.15, -0.1) is 0 Å². The van der Waals surface area contributed by atoms with Crippen molar-refractivity contribution in [3.63, 3.8) is 0 Å². The van der Waals surface area contributed by atoms with Crippen LogP contribution in [-0.4, -0.2) is 38.7 Å². The van der Waals surface area contributed by atoms with Crippen molar-refractivity contribution in [2.75, 3.05) is 19.8 Å². The van der Waals surface area contributed by atoms with Crippen molar-refractivity contribution in [2.45, 2.75) is 75.1 Å². The number of hydrogen-bond donors (Lipinski definition) is 0. The molecule has 0 heterocycles. The zero-order valence-electron chi connectivity index (χ0n) is 25.4. The molecular formula is C30H39F6O6PS. The molecule has 0 aliphatic rings. The van der Waals surface area contributed by atoms with Crippen LogP contribution in [0.3, 0.4) is 0 Å². The van der Waals surface area contributed by atoms with E-state index < -0.39 is 7.81 Å². The Hall–Kier alpha value is -2.70. The maximum atomic E-state index is 9.87. The van der Waals surface area contributed by atoms with Crippen LogP contribution in [0.1, 0.15) is 41.5 Å². The van der Waals surface area contributed by atoms with E-state index in [0.29, 0.717) is 19.8 Å². The van der Waals surface area contributed by atoms with Crippen molar-refractivity contribution in [2.24, 2.45) is 0 Å². The molecule has 0 aromatic heterocycles. The Kier molecular flexibility index (Phi) is 13.2. The van der Waals surface area contributed by atoms with Crippen LogP contribution in [0.25, 0.3) is 0 Å². The van der Waals surface area contributed by atoms with Gasteiger partial charge in [0.05, 0.1) is 10.9 Å². The first-order chi connectivity index (χ1) is 20.4. The molecule has 14 heteroatoms. The van der Waals surface area contributed by atoms with E-state index in [1.807, 2.05) is 77.9 Å². The van der Waals surface area contributed by atoms with Crippen LogP contribution in [0.5, 0.6) is 17.2 Å². The van der Waals surface area contributed by atoms with Crippen molar-refractivity contribution in [1.29, 1.82) is 0 Å². The van der Waals surface area contributed by atoms with Gasteiger partial charge in [0.1, 0.15) is 17.2 Å². The van der Waals surface area contributed by atoms with Crippen LogP contribution in [0, 0.1) is 0 Å². The third kappa shape index (κ3) is 15.9. The Morgan fingerprint density at radius 2 is 0.682 bits per heavy atom. The second-order valence-corrected chi connectivity index (χ2v) is 13.0. The molecule has 3 aromatic carbocycles. The molecule has 0 aliphatic heterocycles. The summed E-state index contributed by atoms with van der Waals surface area (Å²) in [6.07, 6.45) is -0.896. The molecule has 3 unspecified atom stereocenters. The molecule has 0 saturated carbocycles. The van der Waals surface area contributed by atoms with E-state index in [1.165, 1.54) is 14.7 Å². The minimum absolute atomic E-state index is 0.299. The second kappa shape index (κ2) is 15.5. The molecule has 0 aliphatic carbocycles. The van der Waals surface area contributed by atoms with Gasteiger partial charge in [-0.2, -0.15) is 0 Å². The summed E-state index contributed by atoms with van der Waals surface area (Å²) < 4.78 is 93.3. The molecular weight excluding hydrogens is 633 g/mol. The van der Waals surface area contributed by atoms with Gasteiger partial charge in [0.25, 0.3) is 0 Å². The minimum atomic E-state index is -10.7. The summed E-state index contributed by atoms with van der Waals surface area (Å²) >= 11 is 0. The summed E-state index contributed by atoms with van der Waals surface area (Å²) in [5.74, 6) is 2.32. The van der Waals surface area contributed by atoms with Crippen molar-refractivity contribution in [1.82, 2.24) is 0 Å². The Balaban J connectivity index is 0.000000860. The van der Waals surface area contributed by atoms with E-state index in [4.69, 9.17) is 28.4 Å². The van der Waals surface area contributed by atoms with Crippen molar-refractivity contribution < 1.29 is 53.6 Å². The van der Waals surface area contributed by atoms with E-state index in [-0.39, 0.29) is 29.8 Å². The van der Waals surface area contributed by atoms with Crippen LogP contribution in [0.4, 0.5) is 25.2 Å². The van der Waals surface area contributed by atoms with Crippen molar-refractivity contribution >= 4 is 18.7 Å². The molecule has 248 valence electrons. The normalized spacial score (nSPS) is 15.8. The van der Waals surface area contributed by atoms with Gasteiger partial charge in [-0.25, -0.2) is 0 Å². The van der Waals surface area contributed by atoms with Gasteiger partial charge in [0.2, 0.25) is 0 Å². The molecule has 0 N–H and O–H groups in total. The average molecular weight is 673 g/mol. The molecule has 0 bridgehead atoms. The van der Waals surface area contributed by atoms with Gasteiger partial charge in [-0.05, 0) is 114 Å². The van der Waals surface area contributed by atoms with Crippen LogP contribution in [0.15, 0.2) is 87.5 Å². The molecule has 0 spiro atoms. The Bertz CT molecular complexity index is 1120. The maximum absolute atomic E-state index is 10.7. The first-order valence-electron chi connectivity index (χ1n) is 13.8. The molecule has 0 fully saturated rings. The molecule has 3 atom stereocenters. The topological polar surface area (TPSA) is 55.4 Å². The predicted molar refractivity (Wildman–Crippen MR) is 160 cm³/mol. The Morgan fingerprint density at radius 1 is 0.477 bits per heavy atom. The molecule has 0 radical (unpaired) electrons. The Morgan fingerprint density at radius 3 is 0.864 bits per heavy atom. The van der Waals surface area contributed by atoms with Crippen LogP contribution < -0.4 is 14.2 Å². The standard InChI is InChI=1S/C30H39O6S.F6P/c1-7-31-22(4)34-25-10-16-28(17-11-25)37(29-18-12-26(13-19-29)35-23(5)32-8-2)30-20-14-27(15-21-30)36-24(6)33-9-3;1-7(2,3,4,5)6/h10-24H,7-9H2,1-6H3;/q+1;-1. The van der Waals surface area contributed by atoms with Crippen molar-refractivity contribution in [3.05, 3.63) is 72.8 Å². The first kappa shape index (κ1) is 37.5. The summed E-state index contributed by atoms with van der Waals surface area (Å²) in [7, 11) is -11.0. The number of benzene rings is 3. The number of rotatable bonds is 15. The fourth-order valence-corrected chi connectivity index (χ4v) is 5.79. The summed E-state index contributed by atoms with van der Waals surface area (Å²) in [4.78, 5) is 3.51. The van der Waals surface area contributed by atoms with Gasteiger partial charge >= 0.3 is 33.0 Å². The summed E-state index contributed by atoms with van der Waals surface area (Å²) in [6, 6.07) is 24.6. The van der Waals surface area contributed by atoms with Gasteiger partial charge in [-0.3, -0.25) is 0 Å². The van der Waals surface area contributed by atoms with Gasteiger partial charge < -0.3 is 28.4 Å².